The Hall–Kier alpha value is -1.71. The first-order chi connectivity index (χ1) is 11.5. The Morgan fingerprint density at radius 3 is 2.04 bits per heavy atom. The average Bonchev–Trinajstić information content (AvgIpc) is 2.53. The van der Waals surface area contributed by atoms with Gasteiger partial charge in [-0.25, -0.2) is 0 Å². The van der Waals surface area contributed by atoms with Crippen LogP contribution in [0.5, 0.6) is 11.5 Å². The van der Waals surface area contributed by atoms with Gasteiger partial charge in [-0.05, 0) is 87.5 Å². The highest BCUT2D eigenvalue weighted by Crippen LogP contribution is 2.55. The molecule has 4 fully saturated rings. The number of hydrogen-bond donors (Lipinski definition) is 1. The molecule has 0 aliphatic heterocycles. The summed E-state index contributed by atoms with van der Waals surface area (Å²) in [5, 5.41) is 3.38. The van der Waals surface area contributed by atoms with E-state index >= 15 is 0 Å². The highest BCUT2D eigenvalue weighted by atomic mass is 16.5. The third-order valence-electron chi connectivity index (χ3n) is 6.17. The molecule has 1 amide bonds. The van der Waals surface area contributed by atoms with Gasteiger partial charge in [0.1, 0.15) is 11.5 Å². The number of carbonyl (C=O) groups is 1. The van der Waals surface area contributed by atoms with Crippen LogP contribution < -0.4 is 14.8 Å². The Labute approximate surface area is 143 Å². The molecule has 0 unspecified atom stereocenters. The monoisotopic (exact) mass is 329 g/mol. The minimum absolute atomic E-state index is 0.0211. The Morgan fingerprint density at radius 2 is 1.54 bits per heavy atom. The molecule has 0 heterocycles. The van der Waals surface area contributed by atoms with Crippen LogP contribution in [0.4, 0.5) is 0 Å². The van der Waals surface area contributed by atoms with Crippen molar-refractivity contribution in [1.82, 2.24) is 5.32 Å². The van der Waals surface area contributed by atoms with Gasteiger partial charge in [-0.3, -0.25) is 4.79 Å². The first-order valence-electron chi connectivity index (χ1n) is 9.18. The number of rotatable bonds is 5. The third-order valence-corrected chi connectivity index (χ3v) is 6.17. The fourth-order valence-electron chi connectivity index (χ4n) is 5.54. The van der Waals surface area contributed by atoms with Crippen molar-refractivity contribution < 1.29 is 14.3 Å². The van der Waals surface area contributed by atoms with Crippen molar-refractivity contribution in [2.45, 2.75) is 57.1 Å². The molecule has 1 aromatic carbocycles. The molecule has 24 heavy (non-hydrogen) atoms. The summed E-state index contributed by atoms with van der Waals surface area (Å²) in [6, 6.07) is 7.37. The molecule has 130 valence electrons. The molecule has 5 rings (SSSR count). The molecule has 4 nitrogen and oxygen atoms in total. The highest BCUT2D eigenvalue weighted by Gasteiger charge is 2.51. The second-order valence-corrected chi connectivity index (χ2v) is 8.12. The van der Waals surface area contributed by atoms with Crippen LogP contribution in [0.3, 0.4) is 0 Å². The molecule has 1 aromatic rings. The first-order valence-corrected chi connectivity index (χ1v) is 9.18. The van der Waals surface area contributed by atoms with E-state index in [9.17, 15) is 4.79 Å². The molecule has 4 heteroatoms. The maximum absolute atomic E-state index is 12.7. The smallest absolute Gasteiger partial charge is 0.261 e. The quantitative estimate of drug-likeness (QED) is 0.899. The van der Waals surface area contributed by atoms with Gasteiger partial charge in [0.2, 0.25) is 0 Å². The van der Waals surface area contributed by atoms with Crippen molar-refractivity contribution >= 4 is 5.91 Å². The second-order valence-electron chi connectivity index (χ2n) is 8.12. The topological polar surface area (TPSA) is 47.6 Å². The van der Waals surface area contributed by atoms with Gasteiger partial charge in [0.15, 0.2) is 6.10 Å². The molecule has 4 aliphatic rings. The Balaban J connectivity index is 1.38. The third kappa shape index (κ3) is 2.99. The summed E-state index contributed by atoms with van der Waals surface area (Å²) in [7, 11) is 1.64. The number of nitrogens with one attached hydrogen (secondary N) is 1. The van der Waals surface area contributed by atoms with Crippen LogP contribution in [0.1, 0.15) is 45.4 Å². The van der Waals surface area contributed by atoms with Crippen molar-refractivity contribution in [2.24, 2.45) is 17.8 Å². The van der Waals surface area contributed by atoms with Crippen LogP contribution in [-0.2, 0) is 4.79 Å². The fraction of sp³-hybridized carbons (Fsp3) is 0.650. The minimum atomic E-state index is -0.480. The first kappa shape index (κ1) is 15.8. The van der Waals surface area contributed by atoms with Gasteiger partial charge in [0, 0.05) is 5.54 Å². The summed E-state index contributed by atoms with van der Waals surface area (Å²) >= 11 is 0. The van der Waals surface area contributed by atoms with Gasteiger partial charge in [-0.2, -0.15) is 0 Å². The molecular formula is C20H27NO3. The Morgan fingerprint density at radius 1 is 1.04 bits per heavy atom. The normalized spacial score (nSPS) is 34.7. The lowest BCUT2D eigenvalue weighted by Crippen LogP contribution is -2.61. The summed E-state index contributed by atoms with van der Waals surface area (Å²) in [6.45, 7) is 1.83. The molecule has 1 N–H and O–H groups in total. The van der Waals surface area contributed by atoms with Crippen LogP contribution in [0.2, 0.25) is 0 Å². The molecule has 0 spiro atoms. The molecular weight excluding hydrogens is 302 g/mol. The average molecular weight is 329 g/mol. The van der Waals surface area contributed by atoms with E-state index in [1.807, 2.05) is 31.2 Å². The van der Waals surface area contributed by atoms with Gasteiger partial charge in [0.25, 0.3) is 5.91 Å². The van der Waals surface area contributed by atoms with E-state index < -0.39 is 6.10 Å². The predicted molar refractivity (Wildman–Crippen MR) is 92.1 cm³/mol. The maximum atomic E-state index is 12.7. The molecule has 4 saturated carbocycles. The van der Waals surface area contributed by atoms with E-state index in [2.05, 4.69) is 5.32 Å². The maximum Gasteiger partial charge on any atom is 0.261 e. The zero-order valence-corrected chi connectivity index (χ0v) is 14.6. The molecule has 4 bridgehead atoms. The van der Waals surface area contributed by atoms with Gasteiger partial charge >= 0.3 is 0 Å². The number of carbonyl (C=O) groups excluding carboxylic acids is 1. The zero-order chi connectivity index (χ0) is 16.7. The van der Waals surface area contributed by atoms with Crippen LogP contribution in [0.15, 0.2) is 24.3 Å². The number of hydrogen-bond acceptors (Lipinski definition) is 3. The standard InChI is InChI=1S/C20H27NO3/c1-13(24-18-5-3-17(23-2)4-6-18)19(22)21-20-10-14-7-15(11-20)9-16(8-14)12-20/h3-6,13-16H,7-12H2,1-2H3,(H,21,22)/t13-,14?,15?,16?,20?/m0/s1. The van der Waals surface area contributed by atoms with Crippen LogP contribution in [0.25, 0.3) is 0 Å². The lowest BCUT2D eigenvalue weighted by Gasteiger charge is -2.57. The summed E-state index contributed by atoms with van der Waals surface area (Å²) in [6.07, 6.45) is 7.17. The van der Waals surface area contributed by atoms with Gasteiger partial charge in [0.05, 0.1) is 7.11 Å². The van der Waals surface area contributed by atoms with E-state index in [4.69, 9.17) is 9.47 Å². The molecule has 0 aromatic heterocycles. The van der Waals surface area contributed by atoms with Gasteiger partial charge < -0.3 is 14.8 Å². The highest BCUT2D eigenvalue weighted by molar-refractivity contribution is 5.81. The molecule has 4 aliphatic carbocycles. The number of amides is 1. The van der Waals surface area contributed by atoms with Crippen molar-refractivity contribution in [1.29, 1.82) is 0 Å². The second kappa shape index (κ2) is 5.98. The summed E-state index contributed by atoms with van der Waals surface area (Å²) < 4.78 is 11.0. The molecule has 0 saturated heterocycles. The summed E-state index contributed by atoms with van der Waals surface area (Å²) in [4.78, 5) is 12.7. The number of benzene rings is 1. The number of ether oxygens (including phenoxy) is 2. The Kier molecular flexibility index (Phi) is 3.93. The molecule has 1 atom stereocenters. The summed E-state index contributed by atoms with van der Waals surface area (Å²) in [5.41, 5.74) is 0.0450. The van der Waals surface area contributed by atoms with E-state index in [1.54, 1.807) is 7.11 Å². The summed E-state index contributed by atoms with van der Waals surface area (Å²) in [5.74, 6) is 3.99. The van der Waals surface area contributed by atoms with Gasteiger partial charge in [-0.1, -0.05) is 0 Å². The van der Waals surface area contributed by atoms with E-state index in [1.165, 1.54) is 38.5 Å². The van der Waals surface area contributed by atoms with Crippen molar-refractivity contribution in [2.75, 3.05) is 7.11 Å². The largest absolute Gasteiger partial charge is 0.497 e. The van der Waals surface area contributed by atoms with Crippen molar-refractivity contribution in [3.05, 3.63) is 24.3 Å². The van der Waals surface area contributed by atoms with Crippen molar-refractivity contribution in [3.63, 3.8) is 0 Å². The van der Waals surface area contributed by atoms with E-state index in [0.717, 1.165) is 23.5 Å². The predicted octanol–water partition coefficient (Wildman–Crippen LogP) is 3.55. The van der Waals surface area contributed by atoms with E-state index in [0.29, 0.717) is 5.75 Å². The van der Waals surface area contributed by atoms with Gasteiger partial charge in [-0.15, -0.1) is 0 Å². The minimum Gasteiger partial charge on any atom is -0.497 e. The Bertz CT molecular complexity index is 575. The van der Waals surface area contributed by atoms with Crippen LogP contribution in [0, 0.1) is 17.8 Å². The SMILES string of the molecule is COc1ccc(O[C@@H](C)C(=O)NC23CC4CC(CC(C4)C2)C3)cc1. The molecule has 0 radical (unpaired) electrons. The fourth-order valence-corrected chi connectivity index (χ4v) is 5.54. The van der Waals surface area contributed by atoms with Crippen LogP contribution >= 0.6 is 0 Å². The lowest BCUT2D eigenvalue weighted by molar-refractivity contribution is -0.133. The van der Waals surface area contributed by atoms with Crippen LogP contribution in [-0.4, -0.2) is 24.7 Å². The lowest BCUT2D eigenvalue weighted by atomic mass is 9.53. The number of methoxy groups -OCH3 is 1. The van der Waals surface area contributed by atoms with E-state index in [-0.39, 0.29) is 11.4 Å². The van der Waals surface area contributed by atoms with Crippen molar-refractivity contribution in [3.8, 4) is 11.5 Å². The zero-order valence-electron chi connectivity index (χ0n) is 14.6.